The summed E-state index contributed by atoms with van der Waals surface area (Å²) in [5.74, 6) is -0.447. The zero-order valence-corrected chi connectivity index (χ0v) is 14.1. The Kier molecular flexibility index (Phi) is 4.33. The lowest BCUT2D eigenvalue weighted by atomic mass is 10.2. The number of carbonyl (C=O) groups excluding carboxylic acids is 1. The molecule has 0 bridgehead atoms. The third-order valence-electron chi connectivity index (χ3n) is 3.23. The Morgan fingerprint density at radius 1 is 1.36 bits per heavy atom. The van der Waals surface area contributed by atoms with Crippen molar-refractivity contribution < 1.29 is 9.53 Å². The normalized spacial score (nSPS) is 11.0. The second-order valence-corrected chi connectivity index (χ2v) is 7.06. The van der Waals surface area contributed by atoms with Crippen molar-refractivity contribution in [2.45, 2.75) is 20.1 Å². The van der Waals surface area contributed by atoms with Gasteiger partial charge in [0, 0.05) is 21.2 Å². The SMILES string of the molecule is Cc1csc(=O)n1CC(=O)OCc1sc2ccccc2c1Cl. The highest BCUT2D eigenvalue weighted by molar-refractivity contribution is 7.19. The molecule has 0 saturated heterocycles. The first-order valence-corrected chi connectivity index (χ1v) is 8.60. The van der Waals surface area contributed by atoms with Crippen LogP contribution >= 0.6 is 34.3 Å². The molecule has 0 amide bonds. The van der Waals surface area contributed by atoms with E-state index in [2.05, 4.69) is 0 Å². The van der Waals surface area contributed by atoms with Crippen LogP contribution < -0.4 is 4.87 Å². The number of nitrogens with zero attached hydrogens (tertiary/aromatic N) is 1. The van der Waals surface area contributed by atoms with Gasteiger partial charge in [0.25, 0.3) is 0 Å². The number of fused-ring (bicyclic) bond motifs is 1. The van der Waals surface area contributed by atoms with Crippen LogP contribution in [0.4, 0.5) is 0 Å². The Bertz CT molecular complexity index is 894. The zero-order valence-electron chi connectivity index (χ0n) is 11.7. The van der Waals surface area contributed by atoms with Crippen LogP contribution in [0.3, 0.4) is 0 Å². The molecule has 0 unspecified atom stereocenters. The number of thiazole rings is 1. The minimum absolute atomic E-state index is 0.0727. The molecule has 4 nitrogen and oxygen atoms in total. The molecule has 0 aliphatic carbocycles. The molecule has 0 fully saturated rings. The quantitative estimate of drug-likeness (QED) is 0.670. The van der Waals surface area contributed by atoms with Crippen molar-refractivity contribution in [1.29, 1.82) is 0 Å². The number of hydrogen-bond donors (Lipinski definition) is 0. The molecule has 3 rings (SSSR count). The predicted octanol–water partition coefficient (Wildman–Crippen LogP) is 3.83. The van der Waals surface area contributed by atoms with Crippen molar-refractivity contribution in [2.75, 3.05) is 0 Å². The fourth-order valence-corrected chi connectivity index (χ4v) is 4.21. The maximum absolute atomic E-state index is 11.9. The summed E-state index contributed by atoms with van der Waals surface area (Å²) >= 11 is 8.88. The molecule has 1 aromatic carbocycles. The van der Waals surface area contributed by atoms with Gasteiger partial charge in [-0.2, -0.15) is 0 Å². The molecular formula is C15H12ClNO3S2. The number of thiophene rings is 1. The first-order chi connectivity index (χ1) is 10.6. The van der Waals surface area contributed by atoms with E-state index in [1.54, 1.807) is 12.3 Å². The Labute approximate surface area is 139 Å². The van der Waals surface area contributed by atoms with Gasteiger partial charge >= 0.3 is 10.8 Å². The Balaban J connectivity index is 1.70. The molecule has 2 heterocycles. The van der Waals surface area contributed by atoms with Crippen molar-refractivity contribution in [2.24, 2.45) is 0 Å². The van der Waals surface area contributed by atoms with E-state index in [9.17, 15) is 9.59 Å². The minimum atomic E-state index is -0.447. The molecule has 0 saturated carbocycles. The minimum Gasteiger partial charge on any atom is -0.459 e. The standard InChI is InChI=1S/C15H12ClNO3S2/c1-9-8-21-15(19)17(9)6-13(18)20-7-12-14(16)10-4-2-3-5-11(10)22-12/h2-5,8H,6-7H2,1H3. The number of aromatic nitrogens is 1. The monoisotopic (exact) mass is 353 g/mol. The molecule has 0 atom stereocenters. The van der Waals surface area contributed by atoms with Crippen LogP contribution in [0.25, 0.3) is 10.1 Å². The van der Waals surface area contributed by atoms with Gasteiger partial charge in [-0.05, 0) is 13.0 Å². The summed E-state index contributed by atoms with van der Waals surface area (Å²) in [5.41, 5.74) is 0.756. The number of hydrogen-bond acceptors (Lipinski definition) is 5. The van der Waals surface area contributed by atoms with Crippen LogP contribution in [0.1, 0.15) is 10.6 Å². The fraction of sp³-hybridized carbons (Fsp3) is 0.200. The highest BCUT2D eigenvalue weighted by Crippen LogP contribution is 2.35. The summed E-state index contributed by atoms with van der Waals surface area (Å²) in [6, 6.07) is 7.78. The van der Waals surface area contributed by atoms with Crippen LogP contribution in [0.15, 0.2) is 34.4 Å². The van der Waals surface area contributed by atoms with Crippen LogP contribution in [-0.2, 0) is 22.7 Å². The molecule has 7 heteroatoms. The average Bonchev–Trinajstić information content (AvgIpc) is 3.00. The second kappa shape index (κ2) is 6.24. The molecule has 2 aromatic heterocycles. The lowest BCUT2D eigenvalue weighted by Gasteiger charge is -2.05. The first-order valence-electron chi connectivity index (χ1n) is 6.52. The Morgan fingerprint density at radius 3 is 2.82 bits per heavy atom. The Hall–Kier alpha value is -1.63. The van der Waals surface area contributed by atoms with Gasteiger partial charge in [0.15, 0.2) is 0 Å². The van der Waals surface area contributed by atoms with Crippen LogP contribution in [-0.4, -0.2) is 10.5 Å². The molecule has 0 aliphatic heterocycles. The molecule has 0 N–H and O–H groups in total. The van der Waals surface area contributed by atoms with Gasteiger partial charge in [0.05, 0.1) is 9.90 Å². The summed E-state index contributed by atoms with van der Waals surface area (Å²) < 4.78 is 7.71. The summed E-state index contributed by atoms with van der Waals surface area (Å²) in [6.07, 6.45) is 0. The second-order valence-electron chi connectivity index (χ2n) is 4.73. The third kappa shape index (κ3) is 2.95. The molecule has 114 valence electrons. The van der Waals surface area contributed by atoms with E-state index < -0.39 is 5.97 Å². The molecule has 22 heavy (non-hydrogen) atoms. The summed E-state index contributed by atoms with van der Waals surface area (Å²) in [5, 5.41) is 3.31. The van der Waals surface area contributed by atoms with Gasteiger partial charge in [-0.25, -0.2) is 0 Å². The van der Waals surface area contributed by atoms with Crippen LogP contribution in [0, 0.1) is 6.92 Å². The van der Waals surface area contributed by atoms with E-state index in [1.807, 2.05) is 24.3 Å². The maximum atomic E-state index is 11.9. The molecule has 0 aliphatic rings. The van der Waals surface area contributed by atoms with Gasteiger partial charge in [-0.3, -0.25) is 14.2 Å². The van der Waals surface area contributed by atoms with Crippen molar-refractivity contribution in [3.8, 4) is 0 Å². The van der Waals surface area contributed by atoms with Gasteiger partial charge in [-0.1, -0.05) is 41.1 Å². The molecular weight excluding hydrogens is 342 g/mol. The maximum Gasteiger partial charge on any atom is 0.326 e. The lowest BCUT2D eigenvalue weighted by Crippen LogP contribution is -2.21. The van der Waals surface area contributed by atoms with Crippen LogP contribution in [0.2, 0.25) is 5.02 Å². The largest absolute Gasteiger partial charge is 0.459 e. The topological polar surface area (TPSA) is 48.3 Å². The van der Waals surface area contributed by atoms with E-state index in [0.29, 0.717) is 5.02 Å². The van der Waals surface area contributed by atoms with Crippen molar-refractivity contribution in [3.63, 3.8) is 0 Å². The van der Waals surface area contributed by atoms with Gasteiger partial charge < -0.3 is 4.74 Å². The molecule has 3 aromatic rings. The number of benzene rings is 1. The van der Waals surface area contributed by atoms with Gasteiger partial charge in [-0.15, -0.1) is 11.3 Å². The van der Waals surface area contributed by atoms with Crippen molar-refractivity contribution in [3.05, 3.63) is 54.9 Å². The number of halogens is 1. The van der Waals surface area contributed by atoms with E-state index in [-0.39, 0.29) is 18.0 Å². The fourth-order valence-electron chi connectivity index (χ4n) is 2.07. The molecule has 0 radical (unpaired) electrons. The molecule has 0 spiro atoms. The summed E-state index contributed by atoms with van der Waals surface area (Å²) in [6.45, 7) is 1.83. The zero-order chi connectivity index (χ0) is 15.7. The number of aryl methyl sites for hydroxylation is 1. The smallest absolute Gasteiger partial charge is 0.326 e. The number of rotatable bonds is 4. The van der Waals surface area contributed by atoms with Gasteiger partial charge in [0.1, 0.15) is 13.2 Å². The van der Waals surface area contributed by atoms with Gasteiger partial charge in [0.2, 0.25) is 0 Å². The van der Waals surface area contributed by atoms with E-state index in [1.165, 1.54) is 15.9 Å². The van der Waals surface area contributed by atoms with E-state index in [0.717, 1.165) is 32.0 Å². The average molecular weight is 354 g/mol. The summed E-state index contributed by atoms with van der Waals surface area (Å²) in [4.78, 5) is 24.1. The lowest BCUT2D eigenvalue weighted by molar-refractivity contribution is -0.145. The predicted molar refractivity (Wildman–Crippen MR) is 89.9 cm³/mol. The first kappa shape index (κ1) is 15.3. The van der Waals surface area contributed by atoms with Crippen molar-refractivity contribution >= 4 is 50.3 Å². The van der Waals surface area contributed by atoms with E-state index in [4.69, 9.17) is 16.3 Å². The number of ether oxygens (including phenoxy) is 1. The third-order valence-corrected chi connectivity index (χ3v) is 5.80. The Morgan fingerprint density at radius 2 is 2.14 bits per heavy atom. The number of carbonyl (C=O) groups is 1. The van der Waals surface area contributed by atoms with Crippen molar-refractivity contribution in [1.82, 2.24) is 4.57 Å². The highest BCUT2D eigenvalue weighted by atomic mass is 35.5. The highest BCUT2D eigenvalue weighted by Gasteiger charge is 2.13. The number of esters is 1. The summed E-state index contributed by atoms with van der Waals surface area (Å²) in [7, 11) is 0. The van der Waals surface area contributed by atoms with Crippen LogP contribution in [0.5, 0.6) is 0 Å². The van der Waals surface area contributed by atoms with E-state index >= 15 is 0 Å².